The molecule has 3 aromatic carbocycles. The fraction of sp³-hybridized carbons (Fsp3) is 0.174. The van der Waals surface area contributed by atoms with E-state index in [1.54, 1.807) is 7.11 Å². The van der Waals surface area contributed by atoms with E-state index in [1.165, 1.54) is 0 Å². The predicted octanol–water partition coefficient (Wildman–Crippen LogP) is 4.59. The summed E-state index contributed by atoms with van der Waals surface area (Å²) in [4.78, 5) is 11.5. The van der Waals surface area contributed by atoms with Gasteiger partial charge in [-0.1, -0.05) is 72.8 Å². The highest BCUT2D eigenvalue weighted by Crippen LogP contribution is 2.28. The summed E-state index contributed by atoms with van der Waals surface area (Å²) in [5.41, 5.74) is 3.09. The summed E-state index contributed by atoms with van der Waals surface area (Å²) in [5, 5.41) is 13.0. The van der Waals surface area contributed by atoms with Crippen LogP contribution in [0.25, 0.3) is 0 Å². The molecule has 1 unspecified atom stereocenters. The van der Waals surface area contributed by atoms with Crippen molar-refractivity contribution in [1.29, 1.82) is 0 Å². The van der Waals surface area contributed by atoms with E-state index in [4.69, 9.17) is 4.74 Å². The number of ether oxygens (including phenoxy) is 1. The lowest BCUT2D eigenvalue weighted by Gasteiger charge is -2.26. The maximum absolute atomic E-state index is 11.5. The Morgan fingerprint density at radius 1 is 0.852 bits per heavy atom. The molecule has 0 aliphatic rings. The van der Waals surface area contributed by atoms with Crippen molar-refractivity contribution in [2.45, 2.75) is 18.5 Å². The molecule has 4 nitrogen and oxygen atoms in total. The van der Waals surface area contributed by atoms with E-state index < -0.39 is 5.97 Å². The van der Waals surface area contributed by atoms with Crippen LogP contribution in [0, 0.1) is 0 Å². The lowest BCUT2D eigenvalue weighted by Crippen LogP contribution is -2.29. The average Bonchev–Trinajstić information content (AvgIpc) is 2.72. The largest absolute Gasteiger partial charge is 0.497 e. The standard InChI is InChI=1S/C23H23NO3/c1-27-20-14-12-17(13-15-20)21(16-22(25)26)24-23(18-8-4-2-5-9-18)19-10-6-3-7-11-19/h2-15,21,23-24H,16H2,1H3,(H,25,26). The van der Waals surface area contributed by atoms with Gasteiger partial charge in [-0.3, -0.25) is 10.1 Å². The quantitative estimate of drug-likeness (QED) is 0.616. The molecule has 3 rings (SSSR count). The van der Waals surface area contributed by atoms with E-state index in [0.717, 1.165) is 22.4 Å². The lowest BCUT2D eigenvalue weighted by atomic mass is 9.95. The van der Waals surface area contributed by atoms with Crippen molar-refractivity contribution >= 4 is 5.97 Å². The molecule has 138 valence electrons. The van der Waals surface area contributed by atoms with Gasteiger partial charge in [-0.2, -0.15) is 0 Å². The first-order valence-electron chi connectivity index (χ1n) is 8.89. The van der Waals surface area contributed by atoms with Crippen molar-refractivity contribution in [2.24, 2.45) is 0 Å². The Morgan fingerprint density at radius 3 is 1.81 bits per heavy atom. The van der Waals surface area contributed by atoms with E-state index >= 15 is 0 Å². The third-order valence-corrected chi connectivity index (χ3v) is 4.53. The molecule has 3 aromatic rings. The van der Waals surface area contributed by atoms with Crippen molar-refractivity contribution in [3.63, 3.8) is 0 Å². The van der Waals surface area contributed by atoms with Crippen molar-refractivity contribution < 1.29 is 14.6 Å². The molecule has 2 N–H and O–H groups in total. The zero-order chi connectivity index (χ0) is 19.1. The second-order valence-electron chi connectivity index (χ2n) is 6.34. The molecule has 27 heavy (non-hydrogen) atoms. The number of hydrogen-bond acceptors (Lipinski definition) is 3. The highest BCUT2D eigenvalue weighted by molar-refractivity contribution is 5.68. The Balaban J connectivity index is 1.95. The van der Waals surface area contributed by atoms with Gasteiger partial charge >= 0.3 is 5.97 Å². The van der Waals surface area contributed by atoms with E-state index in [-0.39, 0.29) is 18.5 Å². The van der Waals surface area contributed by atoms with Gasteiger partial charge < -0.3 is 9.84 Å². The minimum Gasteiger partial charge on any atom is -0.497 e. The number of benzene rings is 3. The number of hydrogen-bond donors (Lipinski definition) is 2. The Kier molecular flexibility index (Phi) is 6.23. The second-order valence-corrected chi connectivity index (χ2v) is 6.34. The minimum absolute atomic E-state index is 0.0114. The number of nitrogens with one attached hydrogen (secondary N) is 1. The molecule has 0 saturated carbocycles. The molecule has 1 atom stereocenters. The first-order chi connectivity index (χ1) is 13.2. The third-order valence-electron chi connectivity index (χ3n) is 4.53. The van der Waals surface area contributed by atoms with Gasteiger partial charge in [-0.25, -0.2) is 0 Å². The number of aliphatic carboxylic acids is 1. The van der Waals surface area contributed by atoms with Gasteiger partial charge in [0.1, 0.15) is 5.75 Å². The van der Waals surface area contributed by atoms with Gasteiger partial charge in [0, 0.05) is 6.04 Å². The second kappa shape index (κ2) is 9.01. The minimum atomic E-state index is -0.844. The zero-order valence-corrected chi connectivity index (χ0v) is 15.2. The van der Waals surface area contributed by atoms with Crippen LogP contribution in [0.2, 0.25) is 0 Å². The number of carbonyl (C=O) groups is 1. The third kappa shape index (κ3) is 4.96. The van der Waals surface area contributed by atoms with Gasteiger partial charge in [0.2, 0.25) is 0 Å². The summed E-state index contributed by atoms with van der Waals surface area (Å²) in [6.07, 6.45) is -0.0114. The maximum atomic E-state index is 11.5. The summed E-state index contributed by atoms with van der Waals surface area (Å²) in [7, 11) is 1.61. The monoisotopic (exact) mass is 361 g/mol. The van der Waals surface area contributed by atoms with Gasteiger partial charge in [-0.05, 0) is 28.8 Å². The predicted molar refractivity (Wildman–Crippen MR) is 106 cm³/mol. The summed E-state index contributed by atoms with van der Waals surface area (Å²) >= 11 is 0. The van der Waals surface area contributed by atoms with Crippen LogP contribution in [0.1, 0.15) is 35.2 Å². The van der Waals surface area contributed by atoms with E-state index in [1.807, 2.05) is 60.7 Å². The zero-order valence-electron chi connectivity index (χ0n) is 15.2. The molecule has 0 aliphatic carbocycles. The number of methoxy groups -OCH3 is 1. The summed E-state index contributed by atoms with van der Waals surface area (Å²) in [6.45, 7) is 0. The molecule has 0 aromatic heterocycles. The van der Waals surface area contributed by atoms with Crippen LogP contribution in [0.15, 0.2) is 84.9 Å². The SMILES string of the molecule is COc1ccc(C(CC(=O)O)NC(c2ccccc2)c2ccccc2)cc1. The summed E-state index contributed by atoms with van der Waals surface area (Å²) in [6, 6.07) is 27.2. The molecule has 0 bridgehead atoms. The number of carboxylic acid groups (broad SMARTS) is 1. The normalized spacial score (nSPS) is 11.9. The topological polar surface area (TPSA) is 58.6 Å². The van der Waals surface area contributed by atoms with Crippen LogP contribution in [-0.4, -0.2) is 18.2 Å². The Bertz CT molecular complexity index is 808. The van der Waals surface area contributed by atoms with Crippen LogP contribution in [0.3, 0.4) is 0 Å². The first kappa shape index (κ1) is 18.7. The van der Waals surface area contributed by atoms with Gasteiger partial charge in [0.05, 0.1) is 19.6 Å². The van der Waals surface area contributed by atoms with Crippen LogP contribution in [0.5, 0.6) is 5.75 Å². The van der Waals surface area contributed by atoms with Crippen molar-refractivity contribution in [2.75, 3.05) is 7.11 Å². The maximum Gasteiger partial charge on any atom is 0.305 e. The van der Waals surface area contributed by atoms with Crippen LogP contribution >= 0.6 is 0 Å². The van der Waals surface area contributed by atoms with Crippen molar-refractivity contribution in [3.05, 3.63) is 102 Å². The molecular weight excluding hydrogens is 338 g/mol. The molecule has 0 fully saturated rings. The van der Waals surface area contributed by atoms with Crippen molar-refractivity contribution in [3.8, 4) is 5.75 Å². The molecule has 4 heteroatoms. The Hall–Kier alpha value is -3.11. The van der Waals surface area contributed by atoms with E-state index in [9.17, 15) is 9.90 Å². The molecule has 0 aliphatic heterocycles. The number of carboxylic acids is 1. The molecule has 0 saturated heterocycles. The average molecular weight is 361 g/mol. The van der Waals surface area contributed by atoms with Crippen LogP contribution < -0.4 is 10.1 Å². The van der Waals surface area contributed by atoms with Crippen LogP contribution in [-0.2, 0) is 4.79 Å². The number of rotatable bonds is 8. The van der Waals surface area contributed by atoms with Gasteiger partial charge in [0.15, 0.2) is 0 Å². The van der Waals surface area contributed by atoms with Gasteiger partial charge in [0.25, 0.3) is 0 Å². The highest BCUT2D eigenvalue weighted by atomic mass is 16.5. The highest BCUT2D eigenvalue weighted by Gasteiger charge is 2.22. The smallest absolute Gasteiger partial charge is 0.305 e. The molecular formula is C23H23NO3. The summed E-state index contributed by atoms with van der Waals surface area (Å²) in [5.74, 6) is -0.0984. The molecule has 0 amide bonds. The first-order valence-corrected chi connectivity index (χ1v) is 8.89. The van der Waals surface area contributed by atoms with E-state index in [2.05, 4.69) is 29.6 Å². The fourth-order valence-electron chi connectivity index (χ4n) is 3.16. The Morgan fingerprint density at radius 2 is 1.37 bits per heavy atom. The Labute approximate surface area is 159 Å². The summed E-state index contributed by atoms with van der Waals surface area (Å²) < 4.78 is 5.21. The van der Waals surface area contributed by atoms with Crippen LogP contribution in [0.4, 0.5) is 0 Å². The van der Waals surface area contributed by atoms with Gasteiger partial charge in [-0.15, -0.1) is 0 Å². The van der Waals surface area contributed by atoms with Crippen molar-refractivity contribution in [1.82, 2.24) is 5.32 Å². The van der Waals surface area contributed by atoms with E-state index in [0.29, 0.717) is 0 Å². The fourth-order valence-corrected chi connectivity index (χ4v) is 3.16. The molecule has 0 heterocycles. The molecule has 0 radical (unpaired) electrons. The lowest BCUT2D eigenvalue weighted by molar-refractivity contribution is -0.137. The molecule has 0 spiro atoms.